The van der Waals surface area contributed by atoms with Gasteiger partial charge >= 0.3 is 12.1 Å². The highest BCUT2D eigenvalue weighted by molar-refractivity contribution is 5.87. The summed E-state index contributed by atoms with van der Waals surface area (Å²) in [6, 6.07) is 1.45. The zero-order valence-electron chi connectivity index (χ0n) is 25.1. The van der Waals surface area contributed by atoms with E-state index in [1.54, 1.807) is 13.8 Å². The number of aliphatic hydroxyl groups is 4. The summed E-state index contributed by atoms with van der Waals surface area (Å²) < 4.78 is 0. The number of aryl methyl sites for hydroxylation is 2. The number of aliphatic hydroxyl groups excluding tert-OH is 4. The van der Waals surface area contributed by atoms with Crippen molar-refractivity contribution in [2.75, 3.05) is 43.4 Å². The van der Waals surface area contributed by atoms with Crippen LogP contribution in [0, 0.1) is 13.8 Å². The smallest absolute Gasteiger partial charge is 0.321 e. The summed E-state index contributed by atoms with van der Waals surface area (Å²) in [6.07, 6.45) is -5.23. The third-order valence-electron chi connectivity index (χ3n) is 6.15. The number of H-pyrrole nitrogens is 2. The Hall–Kier alpha value is -4.43. The van der Waals surface area contributed by atoms with E-state index in [1.807, 2.05) is 0 Å². The Morgan fingerprint density at radius 1 is 0.711 bits per heavy atom. The number of hydrogen-bond acceptors (Lipinski definition) is 12. The fourth-order valence-electron chi connectivity index (χ4n) is 3.87. The first-order valence-corrected chi connectivity index (χ1v) is 14.3. The molecule has 5 amide bonds. The van der Waals surface area contributed by atoms with Crippen molar-refractivity contribution in [1.82, 2.24) is 41.2 Å². The van der Waals surface area contributed by atoms with Gasteiger partial charge in [0.2, 0.25) is 11.9 Å². The van der Waals surface area contributed by atoms with Crippen LogP contribution in [0.4, 0.5) is 21.5 Å². The molecule has 4 unspecified atom stereocenters. The number of aromatic nitrogens is 4. The van der Waals surface area contributed by atoms with Crippen molar-refractivity contribution in [2.24, 2.45) is 0 Å². The minimum atomic E-state index is -1.99. The summed E-state index contributed by atoms with van der Waals surface area (Å²) in [6.45, 7) is 4.16. The maximum absolute atomic E-state index is 12.2. The van der Waals surface area contributed by atoms with Crippen molar-refractivity contribution in [3.8, 4) is 0 Å². The van der Waals surface area contributed by atoms with E-state index in [1.165, 1.54) is 12.1 Å². The molecule has 0 bridgehead atoms. The lowest BCUT2D eigenvalue weighted by Crippen LogP contribution is -2.52. The van der Waals surface area contributed by atoms with E-state index < -0.39 is 47.9 Å². The lowest BCUT2D eigenvalue weighted by Gasteiger charge is -2.26. The van der Waals surface area contributed by atoms with Gasteiger partial charge in [-0.05, 0) is 46.1 Å². The average Bonchev–Trinajstić information content (AvgIpc) is 2.95. The van der Waals surface area contributed by atoms with Gasteiger partial charge in [0, 0.05) is 49.7 Å². The summed E-state index contributed by atoms with van der Waals surface area (Å²) in [5.74, 6) is -0.907. The third-order valence-corrected chi connectivity index (χ3v) is 6.15. The molecular weight excluding hydrogens is 596 g/mol. The Bertz CT molecular complexity index is 1370. The normalized spacial score (nSPS) is 13.6. The van der Waals surface area contributed by atoms with Crippen LogP contribution >= 0.6 is 0 Å². The number of aromatic amines is 2. The van der Waals surface area contributed by atoms with Crippen molar-refractivity contribution >= 4 is 29.9 Å². The molecule has 0 aliphatic carbocycles. The number of amides is 5. The number of nitrogens with one attached hydrogen (secondary N) is 8. The molecule has 12 N–H and O–H groups in total. The van der Waals surface area contributed by atoms with Gasteiger partial charge in [-0.2, -0.15) is 0 Å². The standard InChI is InChI=1S/C26H42N10O9/c1-14-11-17(38)33-23(31-14)35-25(44)29-9-4-3-7-27-13-16(37)19(40)20(41)21(42)22(43)28-8-5-6-10-30-26(45)36-24-32-15(2)12-18(39)34-24/h11-12,16,19-21,27,37,40-42H,3-10,13H2,1-2H3,(H,28,43)(H3,29,31,33,35,38,44)(H3,30,32,34,36,39,45). The van der Waals surface area contributed by atoms with Gasteiger partial charge in [-0.1, -0.05) is 0 Å². The molecule has 0 saturated heterocycles. The first-order chi connectivity index (χ1) is 21.3. The highest BCUT2D eigenvalue weighted by Crippen LogP contribution is 2.06. The molecular formula is C26H42N10O9. The predicted octanol–water partition coefficient (Wildman–Crippen LogP) is -2.88. The second-order valence-electron chi connectivity index (χ2n) is 10.1. The van der Waals surface area contributed by atoms with Crippen LogP contribution in [-0.4, -0.2) is 115 Å². The first-order valence-electron chi connectivity index (χ1n) is 14.3. The largest absolute Gasteiger partial charge is 0.389 e. The Balaban J connectivity index is 1.53. The molecule has 2 heterocycles. The van der Waals surface area contributed by atoms with E-state index in [9.17, 15) is 44.4 Å². The van der Waals surface area contributed by atoms with Gasteiger partial charge in [0.25, 0.3) is 17.0 Å². The van der Waals surface area contributed by atoms with Crippen molar-refractivity contribution < 1.29 is 34.8 Å². The topological polar surface area (TPSA) is 296 Å². The zero-order chi connectivity index (χ0) is 33.4. The van der Waals surface area contributed by atoms with E-state index in [-0.39, 0.29) is 37.1 Å². The van der Waals surface area contributed by atoms with Crippen molar-refractivity contribution in [2.45, 2.75) is 63.9 Å². The highest BCUT2D eigenvalue weighted by atomic mass is 16.4. The van der Waals surface area contributed by atoms with E-state index in [4.69, 9.17) is 0 Å². The summed E-state index contributed by atoms with van der Waals surface area (Å²) in [4.78, 5) is 71.5. The molecule has 2 rings (SSSR count). The van der Waals surface area contributed by atoms with E-state index in [0.29, 0.717) is 50.2 Å². The van der Waals surface area contributed by atoms with Crippen LogP contribution in [0.15, 0.2) is 21.7 Å². The van der Waals surface area contributed by atoms with Gasteiger partial charge in [-0.25, -0.2) is 19.6 Å². The number of nitrogens with zero attached hydrogens (tertiary/aromatic N) is 2. The zero-order valence-corrected chi connectivity index (χ0v) is 25.1. The van der Waals surface area contributed by atoms with Crippen molar-refractivity contribution in [3.05, 3.63) is 44.2 Å². The Kier molecular flexibility index (Phi) is 15.6. The summed E-state index contributed by atoms with van der Waals surface area (Å²) >= 11 is 0. The van der Waals surface area contributed by atoms with Gasteiger partial charge in [0.05, 0.1) is 6.10 Å². The molecule has 19 heteroatoms. The van der Waals surface area contributed by atoms with E-state index in [0.717, 1.165) is 0 Å². The maximum Gasteiger partial charge on any atom is 0.321 e. The summed E-state index contributed by atoms with van der Waals surface area (Å²) in [5, 5.41) is 55.8. The second-order valence-corrected chi connectivity index (χ2v) is 10.1. The lowest BCUT2D eigenvalue weighted by atomic mass is 10.0. The van der Waals surface area contributed by atoms with Gasteiger partial charge in [0.15, 0.2) is 6.10 Å². The molecule has 19 nitrogen and oxygen atoms in total. The fourth-order valence-corrected chi connectivity index (χ4v) is 3.87. The van der Waals surface area contributed by atoms with Crippen LogP contribution in [-0.2, 0) is 4.79 Å². The predicted molar refractivity (Wildman–Crippen MR) is 162 cm³/mol. The molecule has 0 aromatic carbocycles. The van der Waals surface area contributed by atoms with Crippen LogP contribution in [0.5, 0.6) is 0 Å². The Morgan fingerprint density at radius 2 is 1.16 bits per heavy atom. The first kappa shape index (κ1) is 36.8. The number of unbranched alkanes of at least 4 members (excludes halogenated alkanes) is 2. The lowest BCUT2D eigenvalue weighted by molar-refractivity contribution is -0.146. The highest BCUT2D eigenvalue weighted by Gasteiger charge is 2.34. The van der Waals surface area contributed by atoms with Crippen LogP contribution in [0.1, 0.15) is 37.1 Å². The van der Waals surface area contributed by atoms with Crippen LogP contribution in [0.25, 0.3) is 0 Å². The molecule has 0 radical (unpaired) electrons. The van der Waals surface area contributed by atoms with Gasteiger partial charge in [-0.3, -0.25) is 35.0 Å². The van der Waals surface area contributed by atoms with Gasteiger partial charge in [-0.15, -0.1) is 0 Å². The van der Waals surface area contributed by atoms with E-state index in [2.05, 4.69) is 51.8 Å². The Labute approximate surface area is 257 Å². The molecule has 2 aromatic heterocycles. The number of hydrogen-bond donors (Lipinski definition) is 12. The Morgan fingerprint density at radius 3 is 1.62 bits per heavy atom. The molecule has 0 aliphatic heterocycles. The number of anilines is 2. The molecule has 45 heavy (non-hydrogen) atoms. The van der Waals surface area contributed by atoms with E-state index >= 15 is 0 Å². The summed E-state index contributed by atoms with van der Waals surface area (Å²) in [5.41, 5.74) is 0.105. The van der Waals surface area contributed by atoms with Crippen molar-refractivity contribution in [3.63, 3.8) is 0 Å². The van der Waals surface area contributed by atoms with Gasteiger partial charge < -0.3 is 41.7 Å². The van der Waals surface area contributed by atoms with Crippen LogP contribution in [0.3, 0.4) is 0 Å². The summed E-state index contributed by atoms with van der Waals surface area (Å²) in [7, 11) is 0. The van der Waals surface area contributed by atoms with Crippen molar-refractivity contribution in [1.29, 1.82) is 0 Å². The number of rotatable bonds is 18. The molecule has 0 aliphatic rings. The molecule has 4 atom stereocenters. The minimum absolute atomic E-state index is 0.00504. The molecule has 0 saturated carbocycles. The number of carbonyl (C=O) groups excluding carboxylic acids is 3. The molecule has 0 spiro atoms. The maximum atomic E-state index is 12.2. The fraction of sp³-hybridized carbons (Fsp3) is 0.577. The number of carbonyl (C=O) groups is 3. The SMILES string of the molecule is Cc1cc(=O)[nH]c(NC(=O)NCCCCNCC(O)C(O)C(O)C(O)C(=O)NCCCCNC(=O)Nc2nc(C)cc(=O)[nH]2)n1. The minimum Gasteiger partial charge on any atom is -0.389 e. The van der Waals surface area contributed by atoms with Gasteiger partial charge in [0.1, 0.15) is 12.2 Å². The van der Waals surface area contributed by atoms with Crippen LogP contribution < -0.4 is 43.0 Å². The second kappa shape index (κ2) is 19.1. The molecule has 2 aromatic rings. The monoisotopic (exact) mass is 638 g/mol. The number of urea groups is 2. The van der Waals surface area contributed by atoms with Crippen LogP contribution in [0.2, 0.25) is 0 Å². The molecule has 250 valence electrons. The molecule has 0 fully saturated rings. The average molecular weight is 639 g/mol. The third kappa shape index (κ3) is 14.3. The quantitative estimate of drug-likeness (QED) is 0.0733.